The van der Waals surface area contributed by atoms with E-state index in [1.165, 1.54) is 11.1 Å². The van der Waals surface area contributed by atoms with Gasteiger partial charge in [-0.2, -0.15) is 0 Å². The van der Waals surface area contributed by atoms with E-state index >= 15 is 0 Å². The monoisotopic (exact) mass is 369 g/mol. The molecule has 1 amide bonds. The van der Waals surface area contributed by atoms with Crippen LogP contribution in [-0.2, 0) is 17.8 Å². The Morgan fingerprint density at radius 2 is 1.88 bits per heavy atom. The van der Waals surface area contributed by atoms with Crippen molar-refractivity contribution in [1.29, 1.82) is 0 Å². The number of nitrogens with one attached hydrogen (secondary N) is 1. The van der Waals surface area contributed by atoms with Crippen molar-refractivity contribution in [2.24, 2.45) is 0 Å². The van der Waals surface area contributed by atoms with Crippen LogP contribution in [0.15, 0.2) is 36.4 Å². The van der Waals surface area contributed by atoms with E-state index in [-0.39, 0.29) is 18.5 Å². The Kier molecular flexibility index (Phi) is 5.33. The van der Waals surface area contributed by atoms with Crippen molar-refractivity contribution in [2.75, 3.05) is 0 Å². The molecular formula is C21H24ClN3O. The molecular weight excluding hydrogens is 346 g/mol. The van der Waals surface area contributed by atoms with Gasteiger partial charge in [0.05, 0.1) is 11.0 Å². The first-order valence-electron chi connectivity index (χ1n) is 8.84. The predicted octanol–water partition coefficient (Wildman–Crippen LogP) is 4.42. The third kappa shape index (κ3) is 3.91. The summed E-state index contributed by atoms with van der Waals surface area (Å²) in [6.07, 6.45) is 0.585. The molecule has 4 nitrogen and oxygen atoms in total. The maximum absolute atomic E-state index is 12.4. The van der Waals surface area contributed by atoms with E-state index in [4.69, 9.17) is 16.6 Å². The Labute approximate surface area is 159 Å². The molecule has 5 heteroatoms. The molecule has 0 unspecified atom stereocenters. The molecule has 26 heavy (non-hydrogen) atoms. The summed E-state index contributed by atoms with van der Waals surface area (Å²) in [5, 5.41) is 3.67. The maximum Gasteiger partial charge on any atom is 0.240 e. The number of fused-ring (bicyclic) bond motifs is 1. The lowest BCUT2D eigenvalue weighted by Crippen LogP contribution is -2.33. The van der Waals surface area contributed by atoms with Crippen LogP contribution in [0.25, 0.3) is 11.0 Å². The molecule has 0 saturated heterocycles. The number of amides is 1. The van der Waals surface area contributed by atoms with E-state index in [1.807, 2.05) is 42.7 Å². The molecule has 0 radical (unpaired) electrons. The molecule has 2 aromatic carbocycles. The van der Waals surface area contributed by atoms with Crippen LogP contribution < -0.4 is 5.32 Å². The summed E-state index contributed by atoms with van der Waals surface area (Å²) >= 11 is 6.33. The van der Waals surface area contributed by atoms with Crippen LogP contribution in [0.3, 0.4) is 0 Å². The summed E-state index contributed by atoms with van der Waals surface area (Å²) in [5.74, 6) is 0.829. The van der Waals surface area contributed by atoms with E-state index in [0.717, 1.165) is 22.4 Å². The van der Waals surface area contributed by atoms with Gasteiger partial charge in [-0.05, 0) is 62.6 Å². The van der Waals surface area contributed by atoms with Crippen LogP contribution in [0.1, 0.15) is 36.4 Å². The third-order valence-electron chi connectivity index (χ3n) is 4.50. The topological polar surface area (TPSA) is 46.9 Å². The molecule has 1 heterocycles. The number of aryl methyl sites for hydroxylation is 2. The van der Waals surface area contributed by atoms with Crippen LogP contribution in [-0.4, -0.2) is 21.5 Å². The first kappa shape index (κ1) is 18.5. The zero-order valence-corrected chi connectivity index (χ0v) is 16.4. The fraction of sp³-hybridized carbons (Fsp3) is 0.333. The number of benzene rings is 2. The molecule has 0 atom stereocenters. The molecule has 0 aliphatic carbocycles. The number of carbonyl (C=O) groups excluding carboxylic acids is 1. The predicted molar refractivity (Wildman–Crippen MR) is 107 cm³/mol. The molecule has 3 rings (SSSR count). The van der Waals surface area contributed by atoms with Crippen LogP contribution >= 0.6 is 11.6 Å². The SMILES string of the molecule is Cc1cc2nc(Cc3ccccc3Cl)n(CC(=O)NC(C)C)c2cc1C. The number of rotatable bonds is 5. The number of hydrogen-bond acceptors (Lipinski definition) is 2. The Balaban J connectivity index is 2.07. The van der Waals surface area contributed by atoms with Gasteiger partial charge in [-0.1, -0.05) is 29.8 Å². The second-order valence-electron chi connectivity index (χ2n) is 7.03. The van der Waals surface area contributed by atoms with Gasteiger partial charge in [-0.3, -0.25) is 4.79 Å². The minimum absolute atomic E-state index is 0.0158. The average Bonchev–Trinajstić information content (AvgIpc) is 2.86. The minimum Gasteiger partial charge on any atom is -0.352 e. The lowest BCUT2D eigenvalue weighted by molar-refractivity contribution is -0.122. The molecule has 0 saturated carbocycles. The fourth-order valence-electron chi connectivity index (χ4n) is 3.06. The normalized spacial score (nSPS) is 11.3. The van der Waals surface area contributed by atoms with Crippen LogP contribution in [0, 0.1) is 13.8 Å². The summed E-state index contributed by atoms with van der Waals surface area (Å²) in [6, 6.07) is 12.0. The van der Waals surface area contributed by atoms with E-state index in [0.29, 0.717) is 11.4 Å². The lowest BCUT2D eigenvalue weighted by atomic mass is 10.1. The van der Waals surface area contributed by atoms with E-state index in [1.54, 1.807) is 0 Å². The van der Waals surface area contributed by atoms with Crippen molar-refractivity contribution in [1.82, 2.24) is 14.9 Å². The molecule has 0 aliphatic heterocycles. The Bertz CT molecular complexity index is 959. The first-order chi connectivity index (χ1) is 12.3. The molecule has 0 fully saturated rings. The van der Waals surface area contributed by atoms with Gasteiger partial charge in [0.25, 0.3) is 0 Å². The fourth-order valence-corrected chi connectivity index (χ4v) is 3.27. The van der Waals surface area contributed by atoms with E-state index in [9.17, 15) is 4.79 Å². The highest BCUT2D eigenvalue weighted by Gasteiger charge is 2.16. The van der Waals surface area contributed by atoms with E-state index < -0.39 is 0 Å². The standard InChI is InChI=1S/C21H24ClN3O/c1-13(2)23-21(26)12-25-19-10-15(4)14(3)9-18(19)24-20(25)11-16-7-5-6-8-17(16)22/h5-10,13H,11-12H2,1-4H3,(H,23,26). The number of carbonyl (C=O) groups is 1. The summed E-state index contributed by atoms with van der Waals surface area (Å²) in [7, 11) is 0. The second kappa shape index (κ2) is 7.50. The zero-order valence-electron chi connectivity index (χ0n) is 15.6. The van der Waals surface area contributed by atoms with Crippen molar-refractivity contribution in [2.45, 2.75) is 46.7 Å². The van der Waals surface area contributed by atoms with Gasteiger partial charge in [-0.15, -0.1) is 0 Å². The number of hydrogen-bond donors (Lipinski definition) is 1. The van der Waals surface area contributed by atoms with Crippen molar-refractivity contribution in [3.63, 3.8) is 0 Å². The van der Waals surface area contributed by atoms with Gasteiger partial charge >= 0.3 is 0 Å². The number of imidazole rings is 1. The molecule has 1 aromatic heterocycles. The Morgan fingerprint density at radius 3 is 2.58 bits per heavy atom. The number of aromatic nitrogens is 2. The van der Waals surface area contributed by atoms with E-state index in [2.05, 4.69) is 31.3 Å². The quantitative estimate of drug-likeness (QED) is 0.723. The summed E-state index contributed by atoms with van der Waals surface area (Å²) in [4.78, 5) is 17.2. The van der Waals surface area contributed by atoms with Gasteiger partial charge in [0.1, 0.15) is 12.4 Å². The van der Waals surface area contributed by atoms with Crippen molar-refractivity contribution >= 4 is 28.5 Å². The molecule has 136 valence electrons. The van der Waals surface area contributed by atoms with Gasteiger partial charge in [0.2, 0.25) is 5.91 Å². The lowest BCUT2D eigenvalue weighted by Gasteiger charge is -2.13. The number of halogens is 1. The highest BCUT2D eigenvalue weighted by molar-refractivity contribution is 6.31. The largest absolute Gasteiger partial charge is 0.352 e. The molecule has 0 aliphatic rings. The Morgan fingerprint density at radius 1 is 1.19 bits per heavy atom. The van der Waals surface area contributed by atoms with Crippen molar-refractivity contribution in [3.05, 3.63) is 63.9 Å². The molecule has 1 N–H and O–H groups in total. The minimum atomic E-state index is -0.0158. The van der Waals surface area contributed by atoms with Crippen LogP contribution in [0.4, 0.5) is 0 Å². The molecule has 3 aromatic rings. The highest BCUT2D eigenvalue weighted by atomic mass is 35.5. The smallest absolute Gasteiger partial charge is 0.240 e. The number of nitrogens with zero attached hydrogens (tertiary/aromatic N) is 2. The maximum atomic E-state index is 12.4. The first-order valence-corrected chi connectivity index (χ1v) is 9.22. The summed E-state index contributed by atoms with van der Waals surface area (Å²) in [6.45, 7) is 8.32. The third-order valence-corrected chi connectivity index (χ3v) is 4.87. The van der Waals surface area contributed by atoms with Gasteiger partial charge < -0.3 is 9.88 Å². The molecule has 0 bridgehead atoms. The van der Waals surface area contributed by atoms with Gasteiger partial charge in [-0.25, -0.2) is 4.98 Å². The molecule has 0 spiro atoms. The van der Waals surface area contributed by atoms with Crippen molar-refractivity contribution in [3.8, 4) is 0 Å². The van der Waals surface area contributed by atoms with Crippen LogP contribution in [0.5, 0.6) is 0 Å². The summed E-state index contributed by atoms with van der Waals surface area (Å²) in [5.41, 5.74) is 5.27. The Hall–Kier alpha value is -2.33. The van der Waals surface area contributed by atoms with Crippen molar-refractivity contribution < 1.29 is 4.79 Å². The summed E-state index contributed by atoms with van der Waals surface area (Å²) < 4.78 is 2.00. The second-order valence-corrected chi connectivity index (χ2v) is 7.44. The van der Waals surface area contributed by atoms with Gasteiger partial charge in [0.15, 0.2) is 0 Å². The van der Waals surface area contributed by atoms with Crippen LogP contribution in [0.2, 0.25) is 5.02 Å². The highest BCUT2D eigenvalue weighted by Crippen LogP contribution is 2.24. The van der Waals surface area contributed by atoms with Gasteiger partial charge in [0, 0.05) is 17.5 Å². The average molecular weight is 370 g/mol. The zero-order chi connectivity index (χ0) is 18.8.